The van der Waals surface area contributed by atoms with Gasteiger partial charge in [0.25, 0.3) is 5.91 Å². The second kappa shape index (κ2) is 14.8. The highest BCUT2D eigenvalue weighted by Crippen LogP contribution is 2.28. The molecule has 0 bridgehead atoms. The highest BCUT2D eigenvalue weighted by Gasteiger charge is 2.29. The fourth-order valence-electron chi connectivity index (χ4n) is 4.52. The van der Waals surface area contributed by atoms with Crippen LogP contribution >= 0.6 is 0 Å². The van der Waals surface area contributed by atoms with Gasteiger partial charge in [-0.1, -0.05) is 6.92 Å². The maximum Gasteiger partial charge on any atom is 0.323 e. The summed E-state index contributed by atoms with van der Waals surface area (Å²) in [7, 11) is 1.87. The molecular weight excluding hydrogens is 503 g/mol. The third-order valence-corrected chi connectivity index (χ3v) is 6.82. The average molecular weight is 545 g/mol. The Morgan fingerprint density at radius 2 is 1.82 bits per heavy atom. The molecule has 9 nitrogen and oxygen atoms in total. The van der Waals surface area contributed by atoms with Crippen molar-refractivity contribution in [1.82, 2.24) is 10.2 Å². The van der Waals surface area contributed by atoms with E-state index in [0.29, 0.717) is 36.8 Å². The van der Waals surface area contributed by atoms with Gasteiger partial charge in [0.05, 0.1) is 30.4 Å². The van der Waals surface area contributed by atoms with E-state index in [1.165, 1.54) is 24.3 Å². The van der Waals surface area contributed by atoms with Crippen LogP contribution in [0.3, 0.4) is 0 Å². The fraction of sp³-hybridized carbons (Fsp3) is 0.517. The molecule has 39 heavy (non-hydrogen) atoms. The smallest absolute Gasteiger partial charge is 0.323 e. The normalized spacial score (nSPS) is 21.7. The van der Waals surface area contributed by atoms with Gasteiger partial charge in [-0.25, -0.2) is 9.18 Å². The van der Waals surface area contributed by atoms with Crippen LogP contribution in [0.25, 0.3) is 0 Å². The first kappa shape index (κ1) is 30.3. The number of carbonyl (C=O) groups excluding carboxylic acids is 2. The van der Waals surface area contributed by atoms with Crippen molar-refractivity contribution in [2.45, 2.75) is 58.3 Å². The molecular formula is C29H41FN4O5. The molecule has 0 aromatic heterocycles. The molecule has 0 spiro atoms. The van der Waals surface area contributed by atoms with Crippen molar-refractivity contribution in [3.8, 4) is 5.75 Å². The molecule has 2 aromatic carbocycles. The summed E-state index contributed by atoms with van der Waals surface area (Å²) in [6.07, 6.45) is 2.36. The lowest BCUT2D eigenvalue weighted by Gasteiger charge is -2.34. The van der Waals surface area contributed by atoms with Crippen LogP contribution < -0.4 is 20.7 Å². The minimum absolute atomic E-state index is 0.00979. The van der Waals surface area contributed by atoms with Crippen LogP contribution in [-0.2, 0) is 4.74 Å². The van der Waals surface area contributed by atoms with Gasteiger partial charge in [0, 0.05) is 37.0 Å². The van der Waals surface area contributed by atoms with Crippen molar-refractivity contribution in [2.75, 3.05) is 44.0 Å². The Labute approximate surface area is 230 Å². The summed E-state index contributed by atoms with van der Waals surface area (Å²) < 4.78 is 25.6. The number of likely N-dealkylation sites (N-methyl/N-ethyl adjacent to an activating group) is 1. The van der Waals surface area contributed by atoms with Crippen LogP contribution in [-0.4, -0.2) is 73.5 Å². The average Bonchev–Trinajstić information content (AvgIpc) is 2.91. The summed E-state index contributed by atoms with van der Waals surface area (Å²) in [4.78, 5) is 28.2. The molecule has 1 heterocycles. The monoisotopic (exact) mass is 544 g/mol. The number of amides is 3. The van der Waals surface area contributed by atoms with E-state index >= 15 is 0 Å². The Kier molecular flexibility index (Phi) is 11.5. The Morgan fingerprint density at radius 3 is 2.51 bits per heavy atom. The highest BCUT2D eigenvalue weighted by molar-refractivity contribution is 6.02. The van der Waals surface area contributed by atoms with Crippen LogP contribution in [0, 0.1) is 11.7 Å². The van der Waals surface area contributed by atoms with Crippen LogP contribution in [0.5, 0.6) is 5.75 Å². The van der Waals surface area contributed by atoms with Crippen LogP contribution in [0.4, 0.5) is 20.6 Å². The van der Waals surface area contributed by atoms with Gasteiger partial charge in [0.2, 0.25) is 0 Å². The van der Waals surface area contributed by atoms with Gasteiger partial charge < -0.3 is 35.4 Å². The van der Waals surface area contributed by atoms with Gasteiger partial charge in [-0.15, -0.1) is 0 Å². The number of hydrogen-bond acceptors (Lipinski definition) is 6. The summed E-state index contributed by atoms with van der Waals surface area (Å²) in [6, 6.07) is 9.37. The first-order valence-corrected chi connectivity index (χ1v) is 13.5. The highest BCUT2D eigenvalue weighted by atomic mass is 19.1. The maximum absolute atomic E-state index is 14.0. The number of ether oxygens (including phenoxy) is 2. The number of aliphatic hydroxyl groups excluding tert-OH is 1. The molecule has 4 atom stereocenters. The molecule has 1 aliphatic heterocycles. The number of rotatable bonds is 6. The largest absolute Gasteiger partial charge is 0.490 e. The first-order chi connectivity index (χ1) is 18.7. The van der Waals surface area contributed by atoms with Crippen molar-refractivity contribution in [2.24, 2.45) is 5.92 Å². The predicted molar refractivity (Wildman–Crippen MR) is 150 cm³/mol. The van der Waals surface area contributed by atoms with E-state index in [2.05, 4.69) is 16.0 Å². The van der Waals surface area contributed by atoms with E-state index in [1.807, 2.05) is 20.9 Å². The third kappa shape index (κ3) is 8.91. The second-order valence-corrected chi connectivity index (χ2v) is 10.2. The van der Waals surface area contributed by atoms with Gasteiger partial charge in [0.15, 0.2) is 0 Å². The summed E-state index contributed by atoms with van der Waals surface area (Å²) in [5.41, 5.74) is 1.10. The number of fused-ring (bicyclic) bond motifs is 1. The fourth-order valence-corrected chi connectivity index (χ4v) is 4.52. The number of nitrogens with one attached hydrogen (secondary N) is 3. The van der Waals surface area contributed by atoms with E-state index in [4.69, 9.17) is 9.47 Å². The minimum atomic E-state index is -0.537. The Morgan fingerprint density at radius 1 is 1.13 bits per heavy atom. The number of benzene rings is 2. The molecule has 0 saturated heterocycles. The molecule has 10 heteroatoms. The van der Waals surface area contributed by atoms with Gasteiger partial charge in [0.1, 0.15) is 11.6 Å². The quantitative estimate of drug-likeness (QED) is 0.427. The first-order valence-electron chi connectivity index (χ1n) is 13.5. The second-order valence-electron chi connectivity index (χ2n) is 10.2. The number of aliphatic hydroxyl groups is 1. The lowest BCUT2D eigenvalue weighted by atomic mass is 10.0. The maximum atomic E-state index is 14.0. The lowest BCUT2D eigenvalue weighted by Crippen LogP contribution is -2.47. The number of hydrogen-bond donors (Lipinski definition) is 4. The van der Waals surface area contributed by atoms with Crippen molar-refractivity contribution in [3.63, 3.8) is 0 Å². The number of anilines is 2. The molecule has 2 aromatic rings. The Hall–Kier alpha value is -3.21. The number of halogens is 1. The van der Waals surface area contributed by atoms with E-state index in [0.717, 1.165) is 19.3 Å². The van der Waals surface area contributed by atoms with Gasteiger partial charge in [-0.3, -0.25) is 4.79 Å². The number of carbonyl (C=O) groups is 2. The van der Waals surface area contributed by atoms with Crippen molar-refractivity contribution >= 4 is 23.3 Å². The number of nitrogens with zero attached hydrogens (tertiary/aromatic N) is 1. The van der Waals surface area contributed by atoms with Crippen LogP contribution in [0.15, 0.2) is 42.5 Å². The molecule has 3 amide bonds. The molecule has 214 valence electrons. The molecule has 0 unspecified atom stereocenters. The minimum Gasteiger partial charge on any atom is -0.490 e. The zero-order chi connectivity index (χ0) is 28.4. The molecule has 3 rings (SSSR count). The van der Waals surface area contributed by atoms with Gasteiger partial charge >= 0.3 is 6.03 Å². The zero-order valence-corrected chi connectivity index (χ0v) is 23.2. The predicted octanol–water partition coefficient (Wildman–Crippen LogP) is 4.48. The van der Waals surface area contributed by atoms with E-state index in [9.17, 15) is 19.1 Å². The van der Waals surface area contributed by atoms with Crippen LogP contribution in [0.2, 0.25) is 0 Å². The summed E-state index contributed by atoms with van der Waals surface area (Å²) in [5, 5.41) is 18.6. The summed E-state index contributed by atoms with van der Waals surface area (Å²) >= 11 is 0. The van der Waals surface area contributed by atoms with Gasteiger partial charge in [-0.05, 0) is 82.6 Å². The molecule has 0 radical (unpaired) electrons. The Bertz CT molecular complexity index is 1080. The van der Waals surface area contributed by atoms with Gasteiger partial charge in [-0.2, -0.15) is 0 Å². The van der Waals surface area contributed by atoms with E-state index < -0.39 is 17.9 Å². The standard InChI is InChI=1S/C29H41FN4O5/c1-19-17-34(20(2)18-35)28(36)25-15-24(33-29(37)32-23-10-8-22(30)9-11-23)12-13-26(25)39-21(3)7-5-6-14-38-27(19)16-31-4/h8-13,15,19-21,27,31,35H,5-7,14,16-18H2,1-4H3,(H2,32,33,37)/t19-,20-,21-,27-/m0/s1. The van der Waals surface area contributed by atoms with Crippen molar-refractivity contribution < 1.29 is 28.6 Å². The topological polar surface area (TPSA) is 112 Å². The molecule has 1 aliphatic rings. The van der Waals surface area contributed by atoms with Crippen LogP contribution in [0.1, 0.15) is 50.4 Å². The van der Waals surface area contributed by atoms with Crippen molar-refractivity contribution in [1.29, 1.82) is 0 Å². The molecule has 0 fully saturated rings. The van der Waals surface area contributed by atoms with Crippen molar-refractivity contribution in [3.05, 3.63) is 53.8 Å². The Balaban J connectivity index is 1.92. The third-order valence-electron chi connectivity index (χ3n) is 6.82. The zero-order valence-electron chi connectivity index (χ0n) is 23.2. The number of urea groups is 1. The molecule has 0 saturated carbocycles. The molecule has 4 N–H and O–H groups in total. The van der Waals surface area contributed by atoms with E-state index in [-0.39, 0.29) is 36.2 Å². The summed E-state index contributed by atoms with van der Waals surface area (Å²) in [5.74, 6) is -0.308. The summed E-state index contributed by atoms with van der Waals surface area (Å²) in [6.45, 7) is 7.22. The SMILES string of the molecule is CNC[C@@H]1OCCCC[C@H](C)Oc2ccc(NC(=O)Nc3ccc(F)cc3)cc2C(=O)N([C@@H](C)CO)C[C@@H]1C. The van der Waals surface area contributed by atoms with E-state index in [1.54, 1.807) is 30.0 Å². The lowest BCUT2D eigenvalue weighted by molar-refractivity contribution is -0.000451. The molecule has 0 aliphatic carbocycles.